The lowest BCUT2D eigenvalue weighted by molar-refractivity contribution is 0.0967. The minimum absolute atomic E-state index is 0.115. The number of benzene rings is 3. The van der Waals surface area contributed by atoms with E-state index in [9.17, 15) is 9.59 Å². The van der Waals surface area contributed by atoms with Crippen LogP contribution >= 0.6 is 15.9 Å². The number of amides is 1. The largest absolute Gasteiger partial charge is 0.384 e. The molecule has 4 rings (SSSR count). The molecule has 5 nitrogen and oxygen atoms in total. The summed E-state index contributed by atoms with van der Waals surface area (Å²) in [6, 6.07) is 23.3. The zero-order valence-electron chi connectivity index (χ0n) is 14.7. The predicted molar refractivity (Wildman–Crippen MR) is 115 cm³/mol. The molecule has 0 fully saturated rings. The maximum absolute atomic E-state index is 13.1. The van der Waals surface area contributed by atoms with E-state index < -0.39 is 0 Å². The van der Waals surface area contributed by atoms with Crippen molar-refractivity contribution in [1.82, 2.24) is 4.57 Å². The lowest BCUT2D eigenvalue weighted by Crippen LogP contribution is -2.17. The molecular weight excluding hydrogens is 418 g/mol. The predicted octanol–water partition coefficient (Wildman–Crippen LogP) is 4.93. The van der Waals surface area contributed by atoms with E-state index in [-0.39, 0.29) is 23.2 Å². The van der Waals surface area contributed by atoms with Crippen molar-refractivity contribution in [2.75, 3.05) is 11.1 Å². The number of fused-ring (bicyclic) bond motifs is 1. The van der Waals surface area contributed by atoms with Gasteiger partial charge < -0.3 is 11.1 Å². The summed E-state index contributed by atoms with van der Waals surface area (Å²) in [7, 11) is 0. The van der Waals surface area contributed by atoms with Gasteiger partial charge >= 0.3 is 0 Å². The molecule has 0 unspecified atom stereocenters. The normalized spacial score (nSPS) is 10.8. The van der Waals surface area contributed by atoms with E-state index in [1.807, 2.05) is 30.3 Å². The number of nitrogen functional groups attached to an aromatic ring is 1. The number of carbonyl (C=O) groups excluding carboxylic acids is 2. The van der Waals surface area contributed by atoms with Crippen LogP contribution in [0.5, 0.6) is 0 Å². The lowest BCUT2D eigenvalue weighted by atomic mass is 10.1. The summed E-state index contributed by atoms with van der Waals surface area (Å²) in [6.07, 6.45) is 0. The highest BCUT2D eigenvalue weighted by molar-refractivity contribution is 9.10. The molecule has 0 aliphatic heterocycles. The Morgan fingerprint density at radius 1 is 0.857 bits per heavy atom. The van der Waals surface area contributed by atoms with Gasteiger partial charge in [0.2, 0.25) is 0 Å². The Morgan fingerprint density at radius 2 is 1.50 bits per heavy atom. The molecule has 0 saturated heterocycles. The second kappa shape index (κ2) is 7.32. The number of nitrogens with zero attached hydrogens (tertiary/aromatic N) is 1. The first kappa shape index (κ1) is 18.0. The first-order valence-corrected chi connectivity index (χ1v) is 9.41. The first-order valence-electron chi connectivity index (χ1n) is 8.62. The maximum atomic E-state index is 13.1. The topological polar surface area (TPSA) is 77.1 Å². The Labute approximate surface area is 169 Å². The van der Waals surface area contributed by atoms with Crippen molar-refractivity contribution in [3.63, 3.8) is 0 Å². The second-order valence-electron chi connectivity index (χ2n) is 6.24. The van der Waals surface area contributed by atoms with Gasteiger partial charge in [0.1, 0.15) is 5.82 Å². The number of rotatable bonds is 3. The van der Waals surface area contributed by atoms with Crippen molar-refractivity contribution in [2.24, 2.45) is 0 Å². The molecule has 0 spiro atoms. The van der Waals surface area contributed by atoms with Crippen molar-refractivity contribution in [3.05, 3.63) is 94.5 Å². The molecule has 1 aromatic heterocycles. The zero-order chi connectivity index (χ0) is 19.7. The second-order valence-corrected chi connectivity index (χ2v) is 7.16. The van der Waals surface area contributed by atoms with Gasteiger partial charge in [0.15, 0.2) is 0 Å². The monoisotopic (exact) mass is 433 g/mol. The summed E-state index contributed by atoms with van der Waals surface area (Å²) >= 11 is 3.37. The number of anilines is 2. The summed E-state index contributed by atoms with van der Waals surface area (Å²) < 4.78 is 2.30. The molecule has 4 aromatic rings. The number of hydrogen-bond donors (Lipinski definition) is 2. The average molecular weight is 434 g/mol. The molecule has 0 aliphatic carbocycles. The molecule has 1 heterocycles. The van der Waals surface area contributed by atoms with Crippen LogP contribution < -0.4 is 11.1 Å². The Hall–Kier alpha value is -3.38. The number of nitrogens with one attached hydrogen (secondary N) is 1. The summed E-state index contributed by atoms with van der Waals surface area (Å²) in [5, 5.41) is 3.47. The molecule has 3 aromatic carbocycles. The number of nitrogens with two attached hydrogens (primary N) is 1. The number of para-hydroxylation sites is 1. The highest BCUT2D eigenvalue weighted by Crippen LogP contribution is 2.30. The van der Waals surface area contributed by atoms with E-state index >= 15 is 0 Å². The zero-order valence-corrected chi connectivity index (χ0v) is 16.3. The third kappa shape index (κ3) is 3.18. The van der Waals surface area contributed by atoms with Crippen LogP contribution in [0.1, 0.15) is 20.7 Å². The van der Waals surface area contributed by atoms with Crippen molar-refractivity contribution in [2.45, 2.75) is 0 Å². The molecule has 3 N–H and O–H groups in total. The van der Waals surface area contributed by atoms with Gasteiger partial charge in [-0.2, -0.15) is 0 Å². The highest BCUT2D eigenvalue weighted by atomic mass is 79.9. The van der Waals surface area contributed by atoms with Crippen LogP contribution in [0, 0.1) is 0 Å². The van der Waals surface area contributed by atoms with Crippen molar-refractivity contribution in [3.8, 4) is 0 Å². The van der Waals surface area contributed by atoms with E-state index in [1.165, 1.54) is 4.57 Å². The minimum Gasteiger partial charge on any atom is -0.384 e. The molecule has 1 amide bonds. The van der Waals surface area contributed by atoms with Crippen LogP contribution in [0.3, 0.4) is 0 Å². The fraction of sp³-hybridized carbons (Fsp3) is 0. The summed E-state index contributed by atoms with van der Waals surface area (Å²) in [5.74, 6) is -0.530. The van der Waals surface area contributed by atoms with Crippen LogP contribution in [0.25, 0.3) is 10.9 Å². The molecule has 0 aliphatic rings. The standard InChI is InChI=1S/C22H16BrN3O2/c23-15-10-12-16(13-11-15)25-21(27)19-17-8-4-5-9-18(17)26(20(19)24)22(28)14-6-2-1-3-7-14/h1-13H,24H2,(H,25,27). The molecule has 6 heteroatoms. The number of halogens is 1. The SMILES string of the molecule is Nc1c(C(=O)Nc2ccc(Br)cc2)c2ccccc2n1C(=O)c1ccccc1. The van der Waals surface area contributed by atoms with Crippen LogP contribution in [0.4, 0.5) is 11.5 Å². The van der Waals surface area contributed by atoms with Crippen LogP contribution in [-0.2, 0) is 0 Å². The van der Waals surface area contributed by atoms with E-state index in [1.54, 1.807) is 48.5 Å². The van der Waals surface area contributed by atoms with Crippen molar-refractivity contribution in [1.29, 1.82) is 0 Å². The average Bonchev–Trinajstić information content (AvgIpc) is 3.01. The van der Waals surface area contributed by atoms with E-state index in [4.69, 9.17) is 5.73 Å². The van der Waals surface area contributed by atoms with E-state index in [0.717, 1.165) is 4.47 Å². The Bertz CT molecular complexity index is 1180. The Kier molecular flexibility index (Phi) is 4.71. The molecule has 0 radical (unpaired) electrons. The van der Waals surface area contributed by atoms with Crippen LogP contribution in [0.2, 0.25) is 0 Å². The molecule has 28 heavy (non-hydrogen) atoms. The van der Waals surface area contributed by atoms with Gasteiger partial charge in [0.25, 0.3) is 11.8 Å². The molecule has 138 valence electrons. The quantitative estimate of drug-likeness (QED) is 0.480. The van der Waals surface area contributed by atoms with Crippen molar-refractivity contribution >= 4 is 50.2 Å². The van der Waals surface area contributed by atoms with Crippen LogP contribution in [0.15, 0.2) is 83.3 Å². The Morgan fingerprint density at radius 3 is 2.21 bits per heavy atom. The fourth-order valence-corrected chi connectivity index (χ4v) is 3.42. The fourth-order valence-electron chi connectivity index (χ4n) is 3.15. The molecule has 0 bridgehead atoms. The van der Waals surface area contributed by atoms with Crippen molar-refractivity contribution < 1.29 is 9.59 Å². The first-order chi connectivity index (χ1) is 13.6. The van der Waals surface area contributed by atoms with Gasteiger partial charge in [-0.25, -0.2) is 0 Å². The van der Waals surface area contributed by atoms with Crippen LogP contribution in [-0.4, -0.2) is 16.4 Å². The van der Waals surface area contributed by atoms with E-state index in [2.05, 4.69) is 21.2 Å². The summed E-state index contributed by atoms with van der Waals surface area (Å²) in [4.78, 5) is 26.0. The third-order valence-corrected chi connectivity index (χ3v) is 4.99. The maximum Gasteiger partial charge on any atom is 0.263 e. The van der Waals surface area contributed by atoms with Gasteiger partial charge in [0.05, 0.1) is 11.1 Å². The number of aromatic nitrogens is 1. The lowest BCUT2D eigenvalue weighted by Gasteiger charge is -2.08. The molecule has 0 atom stereocenters. The third-order valence-electron chi connectivity index (χ3n) is 4.46. The number of carbonyl (C=O) groups is 2. The van der Waals surface area contributed by atoms with Gasteiger partial charge in [-0.1, -0.05) is 52.3 Å². The summed E-state index contributed by atoms with van der Waals surface area (Å²) in [5.41, 5.74) is 8.31. The smallest absolute Gasteiger partial charge is 0.263 e. The summed E-state index contributed by atoms with van der Waals surface area (Å²) in [6.45, 7) is 0. The Balaban J connectivity index is 1.81. The van der Waals surface area contributed by atoms with Gasteiger partial charge in [-0.05, 0) is 42.5 Å². The van der Waals surface area contributed by atoms with Gasteiger partial charge in [-0.3, -0.25) is 14.2 Å². The molecule has 0 saturated carbocycles. The number of hydrogen-bond acceptors (Lipinski definition) is 3. The van der Waals surface area contributed by atoms with Gasteiger partial charge in [-0.15, -0.1) is 0 Å². The minimum atomic E-state index is -0.365. The van der Waals surface area contributed by atoms with E-state index in [0.29, 0.717) is 22.2 Å². The van der Waals surface area contributed by atoms with Gasteiger partial charge in [0, 0.05) is 21.1 Å². The molecular formula is C22H16BrN3O2. The highest BCUT2D eigenvalue weighted by Gasteiger charge is 2.24.